The summed E-state index contributed by atoms with van der Waals surface area (Å²) in [7, 11) is 0. The maximum Gasteiger partial charge on any atom is 0.408 e. The van der Waals surface area contributed by atoms with Crippen molar-refractivity contribution in [1.82, 2.24) is 14.9 Å². The first kappa shape index (κ1) is 29.3. The van der Waals surface area contributed by atoms with Crippen molar-refractivity contribution in [3.8, 4) is 16.3 Å². The Hall–Kier alpha value is -4.19. The van der Waals surface area contributed by atoms with E-state index in [-0.39, 0.29) is 35.1 Å². The molecule has 0 aliphatic heterocycles. The van der Waals surface area contributed by atoms with Crippen molar-refractivity contribution < 1.29 is 32.2 Å². The van der Waals surface area contributed by atoms with E-state index in [4.69, 9.17) is 9.47 Å². The Kier molecular flexibility index (Phi) is 7.84. The van der Waals surface area contributed by atoms with E-state index in [1.807, 2.05) is 0 Å². The molecule has 12 heteroatoms. The molecule has 1 amide bonds. The van der Waals surface area contributed by atoms with Crippen LogP contribution < -0.4 is 10.7 Å². The fourth-order valence-corrected chi connectivity index (χ4v) is 6.14. The second kappa shape index (κ2) is 11.2. The first-order chi connectivity index (χ1) is 19.9. The van der Waals surface area contributed by atoms with Gasteiger partial charge in [0.05, 0.1) is 28.6 Å². The molecule has 1 aromatic carbocycles. The van der Waals surface area contributed by atoms with Crippen molar-refractivity contribution in [3.05, 3.63) is 80.2 Å². The minimum atomic E-state index is -0.981. The second-order valence-corrected chi connectivity index (χ2v) is 12.0. The molecule has 0 spiro atoms. The molecule has 1 N–H and O–H groups in total. The minimum absolute atomic E-state index is 0.0282. The molecular formula is C30H28F3N3O5S. The van der Waals surface area contributed by atoms with Crippen LogP contribution in [0.1, 0.15) is 67.4 Å². The summed E-state index contributed by atoms with van der Waals surface area (Å²) in [6, 6.07) is 5.14. The normalized spacial score (nSPS) is 14.9. The molecule has 8 nitrogen and oxygen atoms in total. The van der Waals surface area contributed by atoms with E-state index in [2.05, 4.69) is 10.3 Å². The van der Waals surface area contributed by atoms with Gasteiger partial charge in [0.2, 0.25) is 5.43 Å². The van der Waals surface area contributed by atoms with Crippen molar-refractivity contribution in [2.75, 3.05) is 6.61 Å². The third-order valence-corrected chi connectivity index (χ3v) is 7.85. The zero-order valence-corrected chi connectivity index (χ0v) is 24.2. The summed E-state index contributed by atoms with van der Waals surface area (Å²) >= 11 is 1.30. The SMILES string of the molecule is CCOC(=O)c1cn(-c2ccc(F)cc2F)c2nc(-c3cc4c(s3)CCCC4NC(=O)OC(C)(C)C)c(F)cc2c1=O. The average molecular weight is 600 g/mol. The van der Waals surface area contributed by atoms with Gasteiger partial charge in [-0.1, -0.05) is 0 Å². The molecular weight excluding hydrogens is 571 g/mol. The molecule has 1 aliphatic carbocycles. The predicted molar refractivity (Wildman–Crippen MR) is 152 cm³/mol. The first-order valence-electron chi connectivity index (χ1n) is 13.4. The van der Waals surface area contributed by atoms with Crippen LogP contribution in [0.5, 0.6) is 0 Å². The van der Waals surface area contributed by atoms with Gasteiger partial charge in [-0.2, -0.15) is 0 Å². The fraction of sp³-hybridized carbons (Fsp3) is 0.333. The topological polar surface area (TPSA) is 99.5 Å². The Labute approximate surface area is 243 Å². The number of amides is 1. The summed E-state index contributed by atoms with van der Waals surface area (Å²) in [5.74, 6) is -3.61. The van der Waals surface area contributed by atoms with Gasteiger partial charge in [-0.15, -0.1) is 11.3 Å². The Morgan fingerprint density at radius 1 is 1.14 bits per heavy atom. The first-order valence-corrected chi connectivity index (χ1v) is 14.2. The Morgan fingerprint density at radius 2 is 1.90 bits per heavy atom. The molecule has 0 saturated heterocycles. The minimum Gasteiger partial charge on any atom is -0.462 e. The van der Waals surface area contributed by atoms with Crippen LogP contribution in [0.15, 0.2) is 41.3 Å². The molecule has 3 aromatic heterocycles. The molecule has 220 valence electrons. The monoisotopic (exact) mass is 599 g/mol. The molecule has 1 atom stereocenters. The number of ether oxygens (including phenoxy) is 2. The van der Waals surface area contributed by atoms with E-state index in [9.17, 15) is 23.2 Å². The van der Waals surface area contributed by atoms with E-state index in [1.165, 1.54) is 11.3 Å². The predicted octanol–water partition coefficient (Wildman–Crippen LogP) is 6.61. The summed E-state index contributed by atoms with van der Waals surface area (Å²) in [5.41, 5.74) is -1.59. The molecule has 1 unspecified atom stereocenters. The molecule has 4 aromatic rings. The zero-order chi connectivity index (χ0) is 30.3. The highest BCUT2D eigenvalue weighted by Gasteiger charge is 2.29. The van der Waals surface area contributed by atoms with Gasteiger partial charge >= 0.3 is 12.1 Å². The molecule has 5 rings (SSSR count). The van der Waals surface area contributed by atoms with E-state index in [1.54, 1.807) is 33.8 Å². The number of fused-ring (bicyclic) bond motifs is 2. The van der Waals surface area contributed by atoms with Crippen LogP contribution in [0.3, 0.4) is 0 Å². The lowest BCUT2D eigenvalue weighted by Crippen LogP contribution is -2.35. The summed E-state index contributed by atoms with van der Waals surface area (Å²) < 4.78 is 55.8. The van der Waals surface area contributed by atoms with Gasteiger partial charge in [-0.25, -0.2) is 27.7 Å². The number of pyridine rings is 2. The van der Waals surface area contributed by atoms with Crippen LogP contribution in [-0.2, 0) is 15.9 Å². The van der Waals surface area contributed by atoms with Crippen LogP contribution >= 0.6 is 11.3 Å². The quantitative estimate of drug-likeness (QED) is 0.259. The number of alkyl carbamates (subject to hydrolysis) is 1. The van der Waals surface area contributed by atoms with Gasteiger partial charge in [-0.05, 0) is 76.8 Å². The number of carbonyl (C=O) groups is 2. The Balaban J connectivity index is 1.65. The second-order valence-electron chi connectivity index (χ2n) is 10.8. The van der Waals surface area contributed by atoms with Crippen molar-refractivity contribution >= 4 is 34.4 Å². The molecule has 0 bridgehead atoms. The number of hydrogen-bond acceptors (Lipinski definition) is 7. The molecule has 1 aliphatic rings. The third-order valence-electron chi connectivity index (χ3n) is 6.63. The summed E-state index contributed by atoms with van der Waals surface area (Å²) in [5, 5.41) is 2.61. The number of carbonyl (C=O) groups excluding carboxylic acids is 2. The molecule has 0 fully saturated rings. The average Bonchev–Trinajstić information content (AvgIpc) is 3.33. The smallest absolute Gasteiger partial charge is 0.408 e. The molecule has 0 saturated carbocycles. The number of esters is 1. The number of aromatic nitrogens is 2. The van der Waals surface area contributed by atoms with Crippen molar-refractivity contribution in [1.29, 1.82) is 0 Å². The van der Waals surface area contributed by atoms with E-state index in [0.717, 1.165) is 52.2 Å². The van der Waals surface area contributed by atoms with Crippen LogP contribution in [0.25, 0.3) is 27.3 Å². The number of nitrogens with zero attached hydrogens (tertiary/aromatic N) is 2. The molecule has 3 heterocycles. The van der Waals surface area contributed by atoms with Crippen LogP contribution in [0.4, 0.5) is 18.0 Å². The van der Waals surface area contributed by atoms with Crippen LogP contribution in [0, 0.1) is 17.5 Å². The summed E-state index contributed by atoms with van der Waals surface area (Å²) in [6.07, 6.45) is 2.67. The number of benzene rings is 1. The maximum atomic E-state index is 15.7. The number of thiophene rings is 1. The summed E-state index contributed by atoms with van der Waals surface area (Å²) in [6.45, 7) is 6.83. The van der Waals surface area contributed by atoms with Crippen LogP contribution in [-0.4, -0.2) is 33.8 Å². The highest BCUT2D eigenvalue weighted by molar-refractivity contribution is 7.15. The number of rotatable bonds is 5. The Morgan fingerprint density at radius 3 is 2.60 bits per heavy atom. The van der Waals surface area contributed by atoms with Gasteiger partial charge < -0.3 is 14.8 Å². The zero-order valence-electron chi connectivity index (χ0n) is 23.3. The van der Waals surface area contributed by atoms with E-state index in [0.29, 0.717) is 17.4 Å². The standard InChI is InChI=1S/C30H28F3N3O5S/c1-5-40-28(38)18-14-36(22-10-9-15(31)11-19(22)32)27-17(26(18)37)12-20(33)25(35-27)24-13-16-21(7-6-8-23(16)42-24)34-29(39)41-30(2,3)4/h9-14,21H,5-8H2,1-4H3,(H,34,39). The number of hydrogen-bond donors (Lipinski definition) is 1. The largest absolute Gasteiger partial charge is 0.462 e. The van der Waals surface area contributed by atoms with E-state index >= 15 is 4.39 Å². The van der Waals surface area contributed by atoms with Gasteiger partial charge in [0.1, 0.15) is 34.1 Å². The van der Waals surface area contributed by atoms with E-state index < -0.39 is 46.1 Å². The van der Waals surface area contributed by atoms with Gasteiger partial charge in [0.25, 0.3) is 0 Å². The lowest BCUT2D eigenvalue weighted by molar-refractivity contribution is 0.0495. The highest BCUT2D eigenvalue weighted by Crippen LogP contribution is 2.40. The maximum absolute atomic E-state index is 15.7. The van der Waals surface area contributed by atoms with Gasteiger partial charge in [0, 0.05) is 17.1 Å². The fourth-order valence-electron chi connectivity index (χ4n) is 4.88. The number of aryl methyl sites for hydroxylation is 1. The van der Waals surface area contributed by atoms with Gasteiger partial charge in [0.15, 0.2) is 5.82 Å². The molecule has 0 radical (unpaired) electrons. The van der Waals surface area contributed by atoms with Crippen molar-refractivity contribution in [3.63, 3.8) is 0 Å². The van der Waals surface area contributed by atoms with Crippen LogP contribution in [0.2, 0.25) is 0 Å². The van der Waals surface area contributed by atoms with Crippen molar-refractivity contribution in [2.45, 2.75) is 58.6 Å². The summed E-state index contributed by atoms with van der Waals surface area (Å²) in [4.78, 5) is 44.1. The Bertz CT molecular complexity index is 1780. The number of halogens is 3. The van der Waals surface area contributed by atoms with Crippen molar-refractivity contribution in [2.24, 2.45) is 0 Å². The number of nitrogens with one attached hydrogen (secondary N) is 1. The lowest BCUT2D eigenvalue weighted by atomic mass is 9.93. The van der Waals surface area contributed by atoms with Gasteiger partial charge in [-0.3, -0.25) is 9.36 Å². The third kappa shape index (κ3) is 5.76. The highest BCUT2D eigenvalue weighted by atomic mass is 32.1. The lowest BCUT2D eigenvalue weighted by Gasteiger charge is -2.26. The molecule has 42 heavy (non-hydrogen) atoms.